The van der Waals surface area contributed by atoms with E-state index in [1.165, 1.54) is 0 Å². The molecule has 0 aliphatic heterocycles. The van der Waals surface area contributed by atoms with Crippen LogP contribution < -0.4 is 0 Å². The predicted molar refractivity (Wildman–Crippen MR) is 65.4 cm³/mol. The molecule has 0 aromatic rings. The Labute approximate surface area is 168 Å². The Hall–Kier alpha value is -1.40. The zero-order valence-corrected chi connectivity index (χ0v) is 15.1. The van der Waals surface area contributed by atoms with Crippen molar-refractivity contribution in [3.63, 3.8) is 0 Å². The van der Waals surface area contributed by atoms with Crippen molar-refractivity contribution in [1.82, 2.24) is 0 Å². The Morgan fingerprint density at radius 1 is 0.424 bits per heavy atom. The smallest absolute Gasteiger partial charge is 0.203 e. The van der Waals surface area contributed by atoms with Crippen LogP contribution in [0.4, 0.5) is 87.8 Å². The van der Waals surface area contributed by atoms with Gasteiger partial charge >= 0.3 is 59.7 Å². The molecule has 0 spiro atoms. The third-order valence-corrected chi connectivity index (χ3v) is 4.08. The lowest BCUT2D eigenvalue weighted by Gasteiger charge is -2.44. The molecule has 0 bridgehead atoms. The molecule has 0 saturated carbocycles. The zero-order valence-electron chi connectivity index (χ0n) is 15.1. The largest absolute Gasteiger partial charge is 0.385 e. The van der Waals surface area contributed by atoms with Crippen LogP contribution in [0.1, 0.15) is 19.8 Å². The summed E-state index contributed by atoms with van der Waals surface area (Å²) in [6, 6.07) is 0. The van der Waals surface area contributed by atoms with Crippen LogP contribution in [0.25, 0.3) is 0 Å². The average molecular weight is 544 g/mol. The van der Waals surface area contributed by atoms with Gasteiger partial charge in [0.2, 0.25) is 0 Å². The molecule has 0 radical (unpaired) electrons. The van der Waals surface area contributed by atoms with Crippen molar-refractivity contribution < 1.29 is 87.8 Å². The molecule has 0 N–H and O–H groups in total. The molecule has 0 rings (SSSR count). The van der Waals surface area contributed by atoms with Crippen LogP contribution in [0.3, 0.4) is 0 Å². The van der Waals surface area contributed by atoms with Gasteiger partial charge < -0.3 is 0 Å². The maximum absolute atomic E-state index is 13.4. The molecule has 0 fully saturated rings. The Balaban J connectivity index is 6.93. The van der Waals surface area contributed by atoms with E-state index in [9.17, 15) is 87.8 Å². The number of alkyl halides is 20. The van der Waals surface area contributed by atoms with E-state index in [0.717, 1.165) is 0 Å². The number of hydrogen-bond donors (Lipinski definition) is 0. The minimum atomic E-state index is -8.94. The Bertz CT molecular complexity index is 688. The number of halogens is 20. The highest BCUT2D eigenvalue weighted by atomic mass is 19.4. The summed E-state index contributed by atoms with van der Waals surface area (Å²) >= 11 is 0. The van der Waals surface area contributed by atoms with E-state index >= 15 is 0 Å². The fourth-order valence-electron chi connectivity index (χ4n) is 2.03. The summed E-state index contributed by atoms with van der Waals surface area (Å²) in [5.41, 5.74) is 0. The van der Waals surface area contributed by atoms with Gasteiger partial charge in [0.1, 0.15) is 0 Å². The molecule has 0 atom stereocenters. The minimum Gasteiger partial charge on any atom is -0.203 e. The summed E-state index contributed by atoms with van der Waals surface area (Å²) in [6.45, 7) is 0.509. The molecule has 0 aromatic heterocycles. The first kappa shape index (κ1) is 31.6. The van der Waals surface area contributed by atoms with Crippen LogP contribution in [-0.4, -0.2) is 59.7 Å². The molecule has 0 aromatic carbocycles. The lowest BCUT2D eigenvalue weighted by molar-refractivity contribution is -0.465. The monoisotopic (exact) mass is 544 g/mol. The van der Waals surface area contributed by atoms with Crippen molar-refractivity contribution in [3.8, 4) is 0 Å². The highest BCUT2D eigenvalue weighted by Crippen LogP contribution is 2.65. The van der Waals surface area contributed by atoms with Gasteiger partial charge in [-0.3, -0.25) is 0 Å². The third kappa shape index (κ3) is 3.85. The molecule has 200 valence electrons. The normalized spacial score (nSPS) is 16.5. The SMILES string of the molecule is CCCC(F)(F)C(F)(F)C(F)(F)C(F)(F)C(F)(F)C(F)(F)C(F)(F)C(F)(F)C(F)(F)C(F)F. The molecular weight excluding hydrogens is 536 g/mol. The van der Waals surface area contributed by atoms with Gasteiger partial charge in [-0.1, -0.05) is 13.3 Å². The molecule has 0 unspecified atom stereocenters. The standard InChI is InChI=1S/C13H8F20/c1-2-3-5(16,17)7(20,21)9(24,25)11(28,29)13(32,33)12(30,31)10(26,27)8(22,23)6(18,19)4(14)15/h4H,2-3H2,1H3. The van der Waals surface area contributed by atoms with E-state index in [4.69, 9.17) is 0 Å². The second-order valence-corrected chi connectivity index (χ2v) is 6.40. The lowest BCUT2D eigenvalue weighted by atomic mass is 9.86. The van der Waals surface area contributed by atoms with Crippen molar-refractivity contribution in [2.45, 2.75) is 79.5 Å². The van der Waals surface area contributed by atoms with Crippen molar-refractivity contribution in [1.29, 1.82) is 0 Å². The average Bonchev–Trinajstić information content (AvgIpc) is 2.59. The van der Waals surface area contributed by atoms with Gasteiger partial charge in [-0.2, -0.15) is 79.0 Å². The maximum atomic E-state index is 13.4. The second-order valence-electron chi connectivity index (χ2n) is 6.40. The highest BCUT2D eigenvalue weighted by molar-refractivity contribution is 5.17. The van der Waals surface area contributed by atoms with Crippen molar-refractivity contribution in [3.05, 3.63) is 0 Å². The van der Waals surface area contributed by atoms with Gasteiger partial charge in [0.15, 0.2) is 0 Å². The van der Waals surface area contributed by atoms with Crippen LogP contribution in [0.2, 0.25) is 0 Å². The topological polar surface area (TPSA) is 0 Å². The summed E-state index contributed by atoms with van der Waals surface area (Å²) in [4.78, 5) is 0. The van der Waals surface area contributed by atoms with Crippen molar-refractivity contribution >= 4 is 0 Å². The number of hydrogen-bond acceptors (Lipinski definition) is 0. The molecule has 0 saturated heterocycles. The quantitative estimate of drug-likeness (QED) is 0.233. The van der Waals surface area contributed by atoms with Crippen LogP contribution in [0.5, 0.6) is 0 Å². The molecular formula is C13H8F20. The van der Waals surface area contributed by atoms with E-state index < -0.39 is 72.6 Å². The van der Waals surface area contributed by atoms with E-state index in [1.807, 2.05) is 0 Å². The highest BCUT2D eigenvalue weighted by Gasteiger charge is 2.96. The molecule has 0 nitrogen and oxygen atoms in total. The van der Waals surface area contributed by atoms with Crippen molar-refractivity contribution in [2.75, 3.05) is 0 Å². The van der Waals surface area contributed by atoms with Crippen LogP contribution in [0.15, 0.2) is 0 Å². The van der Waals surface area contributed by atoms with Gasteiger partial charge in [0.25, 0.3) is 0 Å². The lowest BCUT2D eigenvalue weighted by Crippen LogP contribution is -2.76. The summed E-state index contributed by atoms with van der Waals surface area (Å²) in [5, 5.41) is 0. The molecule has 33 heavy (non-hydrogen) atoms. The summed E-state index contributed by atoms with van der Waals surface area (Å²) in [5.74, 6) is -74.1. The van der Waals surface area contributed by atoms with Gasteiger partial charge in [-0.15, -0.1) is 0 Å². The van der Waals surface area contributed by atoms with Crippen molar-refractivity contribution in [2.24, 2.45) is 0 Å². The Morgan fingerprint density at radius 2 is 0.667 bits per heavy atom. The summed E-state index contributed by atoms with van der Waals surface area (Å²) < 4.78 is 261. The number of rotatable bonds is 11. The minimum absolute atomic E-state index is 0.509. The summed E-state index contributed by atoms with van der Waals surface area (Å²) in [6.07, 6.45) is -9.85. The van der Waals surface area contributed by atoms with Crippen LogP contribution in [-0.2, 0) is 0 Å². The first-order valence-electron chi connectivity index (χ1n) is 7.69. The zero-order chi connectivity index (χ0) is 27.5. The summed E-state index contributed by atoms with van der Waals surface area (Å²) in [7, 11) is 0. The van der Waals surface area contributed by atoms with Crippen LogP contribution >= 0.6 is 0 Å². The molecule has 20 heteroatoms. The van der Waals surface area contributed by atoms with Gasteiger partial charge in [-0.05, 0) is 0 Å². The fourth-order valence-corrected chi connectivity index (χ4v) is 2.03. The maximum Gasteiger partial charge on any atom is 0.385 e. The molecule has 0 heterocycles. The predicted octanol–water partition coefficient (Wildman–Crippen LogP) is 7.77. The van der Waals surface area contributed by atoms with E-state index in [1.54, 1.807) is 0 Å². The van der Waals surface area contributed by atoms with E-state index in [2.05, 4.69) is 0 Å². The van der Waals surface area contributed by atoms with Gasteiger partial charge in [0.05, 0.1) is 0 Å². The molecule has 0 amide bonds. The van der Waals surface area contributed by atoms with Crippen LogP contribution in [0, 0.1) is 0 Å². The Morgan fingerprint density at radius 3 is 0.909 bits per heavy atom. The fraction of sp³-hybridized carbons (Fsp3) is 1.00. The van der Waals surface area contributed by atoms with E-state index in [0.29, 0.717) is 6.92 Å². The molecule has 0 aliphatic carbocycles. The van der Waals surface area contributed by atoms with E-state index in [-0.39, 0.29) is 0 Å². The van der Waals surface area contributed by atoms with Gasteiger partial charge in [-0.25, -0.2) is 8.78 Å². The first-order chi connectivity index (χ1) is 14.0. The van der Waals surface area contributed by atoms with Gasteiger partial charge in [0, 0.05) is 6.42 Å². The second kappa shape index (κ2) is 8.08. The third-order valence-electron chi connectivity index (χ3n) is 4.08. The Kier molecular flexibility index (Phi) is 7.74. The molecule has 0 aliphatic rings. The first-order valence-corrected chi connectivity index (χ1v) is 7.69.